The number of hydrogen-bond donors (Lipinski definition) is 2. The van der Waals surface area contributed by atoms with Gasteiger partial charge in [0, 0.05) is 16.6 Å². The number of carbonyl (C=O) groups excluding carboxylic acids is 1. The monoisotopic (exact) mass is 392 g/mol. The molecule has 0 atom stereocenters. The van der Waals surface area contributed by atoms with E-state index in [1.165, 1.54) is 12.1 Å². The van der Waals surface area contributed by atoms with Crippen molar-refractivity contribution in [2.45, 2.75) is 43.5 Å². The van der Waals surface area contributed by atoms with Gasteiger partial charge in [-0.15, -0.1) is 0 Å². The molecule has 138 valence electrons. The van der Waals surface area contributed by atoms with Gasteiger partial charge in [-0.3, -0.25) is 9.52 Å². The van der Waals surface area contributed by atoms with Gasteiger partial charge >= 0.3 is 0 Å². The normalized spacial score (nSPS) is 15.0. The van der Waals surface area contributed by atoms with Gasteiger partial charge in [0.15, 0.2) is 0 Å². The van der Waals surface area contributed by atoms with Crippen molar-refractivity contribution in [3.8, 4) is 0 Å². The Kier molecular flexibility index (Phi) is 5.53. The Balaban J connectivity index is 1.80. The van der Waals surface area contributed by atoms with Gasteiger partial charge in [-0.05, 0) is 61.7 Å². The first kappa shape index (κ1) is 18.7. The van der Waals surface area contributed by atoms with Crippen LogP contribution in [0, 0.1) is 6.92 Å². The SMILES string of the molecule is Cc1cc(Cl)ccc1NS(=O)(=O)c1cccc(C(=O)NC2CCCC2)c1. The van der Waals surface area contributed by atoms with Crippen molar-refractivity contribution < 1.29 is 13.2 Å². The van der Waals surface area contributed by atoms with Gasteiger partial charge in [-0.2, -0.15) is 0 Å². The van der Waals surface area contributed by atoms with E-state index in [1.807, 2.05) is 0 Å². The summed E-state index contributed by atoms with van der Waals surface area (Å²) in [6.45, 7) is 1.77. The van der Waals surface area contributed by atoms with Crippen LogP contribution in [0.3, 0.4) is 0 Å². The molecule has 2 aromatic rings. The van der Waals surface area contributed by atoms with Crippen molar-refractivity contribution >= 4 is 33.2 Å². The minimum absolute atomic E-state index is 0.0471. The summed E-state index contributed by atoms with van der Waals surface area (Å²) in [6.07, 6.45) is 4.18. The van der Waals surface area contributed by atoms with E-state index in [-0.39, 0.29) is 16.8 Å². The molecule has 0 bridgehead atoms. The molecular weight excluding hydrogens is 372 g/mol. The summed E-state index contributed by atoms with van der Waals surface area (Å²) in [4.78, 5) is 12.4. The van der Waals surface area contributed by atoms with Crippen molar-refractivity contribution in [3.05, 3.63) is 58.6 Å². The highest BCUT2D eigenvalue weighted by molar-refractivity contribution is 7.92. The second kappa shape index (κ2) is 7.68. The van der Waals surface area contributed by atoms with Gasteiger partial charge in [0.05, 0.1) is 10.6 Å². The highest BCUT2D eigenvalue weighted by atomic mass is 35.5. The number of benzene rings is 2. The van der Waals surface area contributed by atoms with Gasteiger partial charge in [0.1, 0.15) is 0 Å². The van der Waals surface area contributed by atoms with E-state index in [0.717, 1.165) is 31.2 Å². The zero-order valence-corrected chi connectivity index (χ0v) is 16.0. The number of aryl methyl sites for hydroxylation is 1. The molecule has 2 N–H and O–H groups in total. The zero-order chi connectivity index (χ0) is 18.7. The van der Waals surface area contributed by atoms with Crippen LogP contribution in [-0.4, -0.2) is 20.4 Å². The predicted octanol–water partition coefficient (Wildman–Crippen LogP) is 4.12. The maximum absolute atomic E-state index is 12.7. The van der Waals surface area contributed by atoms with Gasteiger partial charge in [-0.1, -0.05) is 30.5 Å². The number of hydrogen-bond acceptors (Lipinski definition) is 3. The van der Waals surface area contributed by atoms with Crippen LogP contribution in [0.25, 0.3) is 0 Å². The molecule has 0 saturated heterocycles. The quantitative estimate of drug-likeness (QED) is 0.803. The maximum atomic E-state index is 12.7. The van der Waals surface area contributed by atoms with Crippen molar-refractivity contribution in [2.75, 3.05) is 4.72 Å². The number of anilines is 1. The molecule has 2 aromatic carbocycles. The molecule has 0 aliphatic heterocycles. The van der Waals surface area contributed by atoms with E-state index >= 15 is 0 Å². The topological polar surface area (TPSA) is 75.3 Å². The Morgan fingerprint density at radius 3 is 2.54 bits per heavy atom. The molecular formula is C19H21ClN2O3S. The van der Waals surface area contributed by atoms with E-state index in [0.29, 0.717) is 16.3 Å². The number of rotatable bonds is 5. The summed E-state index contributed by atoms with van der Waals surface area (Å²) in [5, 5.41) is 3.51. The van der Waals surface area contributed by atoms with Crippen molar-refractivity contribution in [1.82, 2.24) is 5.32 Å². The van der Waals surface area contributed by atoms with E-state index in [1.54, 1.807) is 37.3 Å². The summed E-state index contributed by atoms with van der Waals surface area (Å²) < 4.78 is 27.9. The van der Waals surface area contributed by atoms with Crippen LogP contribution in [0.5, 0.6) is 0 Å². The highest BCUT2D eigenvalue weighted by Gasteiger charge is 2.20. The molecule has 0 radical (unpaired) electrons. The van der Waals surface area contributed by atoms with Gasteiger partial charge in [0.25, 0.3) is 15.9 Å². The Bertz CT molecular complexity index is 922. The third-order valence-corrected chi connectivity index (χ3v) is 6.13. The second-order valence-corrected chi connectivity index (χ2v) is 8.67. The highest BCUT2D eigenvalue weighted by Crippen LogP contribution is 2.23. The number of nitrogens with one attached hydrogen (secondary N) is 2. The minimum atomic E-state index is -3.81. The van der Waals surface area contributed by atoms with E-state index in [4.69, 9.17) is 11.6 Å². The van der Waals surface area contributed by atoms with E-state index < -0.39 is 10.0 Å². The molecule has 0 aromatic heterocycles. The average Bonchev–Trinajstić information content (AvgIpc) is 3.10. The first-order valence-electron chi connectivity index (χ1n) is 8.55. The average molecular weight is 393 g/mol. The molecule has 0 unspecified atom stereocenters. The summed E-state index contributed by atoms with van der Waals surface area (Å²) in [7, 11) is -3.81. The molecule has 26 heavy (non-hydrogen) atoms. The lowest BCUT2D eigenvalue weighted by Crippen LogP contribution is -2.32. The van der Waals surface area contributed by atoms with Crippen LogP contribution in [0.4, 0.5) is 5.69 Å². The zero-order valence-electron chi connectivity index (χ0n) is 14.5. The molecule has 1 saturated carbocycles. The summed E-state index contributed by atoms with van der Waals surface area (Å²) in [5.74, 6) is -0.239. The first-order chi connectivity index (χ1) is 12.3. The predicted molar refractivity (Wildman–Crippen MR) is 103 cm³/mol. The minimum Gasteiger partial charge on any atom is -0.349 e. The molecule has 5 nitrogen and oxygen atoms in total. The molecule has 3 rings (SSSR count). The Morgan fingerprint density at radius 1 is 1.12 bits per heavy atom. The third kappa shape index (κ3) is 4.37. The van der Waals surface area contributed by atoms with Crippen LogP contribution in [0.15, 0.2) is 47.4 Å². The Hall–Kier alpha value is -2.05. The Morgan fingerprint density at radius 2 is 1.85 bits per heavy atom. The second-order valence-electron chi connectivity index (χ2n) is 6.55. The van der Waals surface area contributed by atoms with Crippen LogP contribution in [0.1, 0.15) is 41.6 Å². The van der Waals surface area contributed by atoms with E-state index in [2.05, 4.69) is 10.0 Å². The smallest absolute Gasteiger partial charge is 0.261 e. The van der Waals surface area contributed by atoms with Crippen LogP contribution >= 0.6 is 11.6 Å². The lowest BCUT2D eigenvalue weighted by Gasteiger charge is -2.14. The number of carbonyl (C=O) groups is 1. The molecule has 1 aliphatic rings. The fourth-order valence-corrected chi connectivity index (χ4v) is 4.49. The van der Waals surface area contributed by atoms with Crippen molar-refractivity contribution in [3.63, 3.8) is 0 Å². The molecule has 1 aliphatic carbocycles. The molecule has 1 amide bonds. The number of halogens is 1. The van der Waals surface area contributed by atoms with Gasteiger partial charge in [0.2, 0.25) is 0 Å². The van der Waals surface area contributed by atoms with Crippen LogP contribution in [-0.2, 0) is 10.0 Å². The lowest BCUT2D eigenvalue weighted by atomic mass is 10.2. The van der Waals surface area contributed by atoms with Crippen molar-refractivity contribution in [1.29, 1.82) is 0 Å². The number of amides is 1. The maximum Gasteiger partial charge on any atom is 0.261 e. The summed E-state index contributed by atoms with van der Waals surface area (Å²) >= 11 is 5.91. The van der Waals surface area contributed by atoms with Crippen LogP contribution in [0.2, 0.25) is 5.02 Å². The lowest BCUT2D eigenvalue weighted by molar-refractivity contribution is 0.0937. The standard InChI is InChI=1S/C19H21ClN2O3S/c1-13-11-15(20)9-10-18(13)22-26(24,25)17-8-4-5-14(12-17)19(23)21-16-6-2-3-7-16/h4-5,8-12,16,22H,2-3,6-7H2,1H3,(H,21,23). The molecule has 1 fully saturated rings. The fraction of sp³-hybridized carbons (Fsp3) is 0.316. The fourth-order valence-electron chi connectivity index (χ4n) is 3.09. The van der Waals surface area contributed by atoms with E-state index in [9.17, 15) is 13.2 Å². The summed E-state index contributed by atoms with van der Waals surface area (Å²) in [6, 6.07) is 11.2. The van der Waals surface area contributed by atoms with Crippen molar-refractivity contribution in [2.24, 2.45) is 0 Å². The molecule has 0 spiro atoms. The third-order valence-electron chi connectivity index (χ3n) is 4.53. The molecule has 0 heterocycles. The number of sulfonamides is 1. The summed E-state index contributed by atoms with van der Waals surface area (Å²) in [5.41, 5.74) is 1.51. The first-order valence-corrected chi connectivity index (χ1v) is 10.4. The van der Waals surface area contributed by atoms with Gasteiger partial charge in [-0.25, -0.2) is 8.42 Å². The molecule has 7 heteroatoms. The van der Waals surface area contributed by atoms with Crippen LogP contribution < -0.4 is 10.0 Å². The largest absolute Gasteiger partial charge is 0.349 e. The Labute approximate surface area is 158 Å². The van der Waals surface area contributed by atoms with Gasteiger partial charge < -0.3 is 5.32 Å².